The molecule has 12 nitrogen and oxygen atoms in total. The topological polar surface area (TPSA) is 95.1 Å². The van der Waals surface area contributed by atoms with Crippen molar-refractivity contribution in [3.05, 3.63) is 5.15 Å². The summed E-state index contributed by atoms with van der Waals surface area (Å²) in [4.78, 5) is 33.6. The Morgan fingerprint density at radius 3 is 1.66 bits per heavy atom. The average molecular weight is 547 g/mol. The van der Waals surface area contributed by atoms with Gasteiger partial charge in [-0.15, -0.1) is 0 Å². The Kier molecular flexibility index (Phi) is 9.29. The molecule has 5 heterocycles. The minimum Gasteiger partial charge on any atom is -0.367 e. The lowest BCUT2D eigenvalue weighted by Crippen LogP contribution is -2.46. The fourth-order valence-electron chi connectivity index (χ4n) is 5.11. The molecule has 0 saturated carbocycles. The van der Waals surface area contributed by atoms with Crippen LogP contribution in [0.4, 0.5) is 17.6 Å². The maximum atomic E-state index is 6.62. The number of hydrogen-bond acceptors (Lipinski definition) is 12. The minimum atomic E-state index is 0.356. The van der Waals surface area contributed by atoms with E-state index in [2.05, 4.69) is 61.2 Å². The van der Waals surface area contributed by atoms with E-state index in [1.807, 2.05) is 0 Å². The highest BCUT2D eigenvalue weighted by Gasteiger charge is 2.21. The smallest absolute Gasteiger partial charge is 0.229 e. The Hall–Kier alpha value is -2.09. The van der Waals surface area contributed by atoms with Gasteiger partial charge in [-0.3, -0.25) is 9.80 Å². The van der Waals surface area contributed by atoms with E-state index in [0.717, 1.165) is 105 Å². The van der Waals surface area contributed by atoms with Gasteiger partial charge in [-0.1, -0.05) is 11.6 Å². The number of rotatable bonds is 9. The predicted molar refractivity (Wildman–Crippen MR) is 155 cm³/mol. The number of likely N-dealkylation sites (N-methyl/N-ethyl adjacent to an activating group) is 3. The number of aromatic nitrogens is 4. The van der Waals surface area contributed by atoms with Crippen LogP contribution in [0.25, 0.3) is 11.2 Å². The molecule has 3 saturated heterocycles. The number of nitrogens with one attached hydrogen (secondary N) is 2. The van der Waals surface area contributed by atoms with Crippen molar-refractivity contribution in [2.75, 3.05) is 141 Å². The molecule has 210 valence electrons. The van der Waals surface area contributed by atoms with Crippen LogP contribution in [0, 0.1) is 0 Å². The Balaban J connectivity index is 1.30. The zero-order chi connectivity index (χ0) is 26.5. The second kappa shape index (κ2) is 12.8. The molecule has 2 N–H and O–H groups in total. The van der Waals surface area contributed by atoms with E-state index >= 15 is 0 Å². The van der Waals surface area contributed by atoms with Crippen LogP contribution in [-0.2, 0) is 0 Å². The summed E-state index contributed by atoms with van der Waals surface area (Å²) in [6, 6.07) is 0. The van der Waals surface area contributed by atoms with Crippen LogP contribution < -0.4 is 15.5 Å². The van der Waals surface area contributed by atoms with Gasteiger partial charge in [0.05, 0.1) is 0 Å². The van der Waals surface area contributed by atoms with Gasteiger partial charge in [-0.2, -0.15) is 9.97 Å². The highest BCUT2D eigenvalue weighted by Crippen LogP contribution is 2.26. The van der Waals surface area contributed by atoms with E-state index < -0.39 is 0 Å². The van der Waals surface area contributed by atoms with Crippen molar-refractivity contribution in [3.8, 4) is 0 Å². The maximum absolute atomic E-state index is 6.62. The molecular weight excluding hydrogens is 504 g/mol. The van der Waals surface area contributed by atoms with E-state index in [0.29, 0.717) is 33.9 Å². The molecule has 38 heavy (non-hydrogen) atoms. The van der Waals surface area contributed by atoms with Gasteiger partial charge in [0.1, 0.15) is 0 Å². The van der Waals surface area contributed by atoms with E-state index in [4.69, 9.17) is 31.5 Å². The van der Waals surface area contributed by atoms with E-state index in [9.17, 15) is 0 Å². The molecule has 0 spiro atoms. The van der Waals surface area contributed by atoms with E-state index in [-0.39, 0.29) is 0 Å². The van der Waals surface area contributed by atoms with Gasteiger partial charge in [0.2, 0.25) is 5.95 Å². The summed E-state index contributed by atoms with van der Waals surface area (Å²) in [5, 5.41) is 7.30. The van der Waals surface area contributed by atoms with Crippen LogP contribution in [0.1, 0.15) is 0 Å². The van der Waals surface area contributed by atoms with Crippen molar-refractivity contribution >= 4 is 40.3 Å². The first-order valence-electron chi connectivity index (χ1n) is 13.9. The molecule has 0 atom stereocenters. The summed E-state index contributed by atoms with van der Waals surface area (Å²) >= 11 is 6.62. The third-order valence-corrected chi connectivity index (χ3v) is 8.16. The molecule has 0 radical (unpaired) electrons. The quantitative estimate of drug-likeness (QED) is 0.448. The summed E-state index contributed by atoms with van der Waals surface area (Å²) in [5.41, 5.74) is 1.19. The molecule has 3 aliphatic heterocycles. The lowest BCUT2D eigenvalue weighted by molar-refractivity contribution is 0.158. The monoisotopic (exact) mass is 546 g/mol. The van der Waals surface area contributed by atoms with Gasteiger partial charge in [0, 0.05) is 105 Å². The van der Waals surface area contributed by atoms with Crippen molar-refractivity contribution in [3.63, 3.8) is 0 Å². The van der Waals surface area contributed by atoms with Crippen LogP contribution in [0.15, 0.2) is 0 Å². The van der Waals surface area contributed by atoms with Gasteiger partial charge in [0.25, 0.3) is 0 Å². The second-order valence-electron chi connectivity index (χ2n) is 10.8. The van der Waals surface area contributed by atoms with Crippen molar-refractivity contribution in [2.24, 2.45) is 0 Å². The number of nitrogens with zero attached hydrogens (tertiary/aromatic N) is 10. The SMILES string of the molecule is CN1CCN(CCNc2nc3nc(N4CCN(C)CC4)nc(NCCN4CCN(C)CC4)c3nc2Cl)CC1. The zero-order valence-corrected chi connectivity index (χ0v) is 23.9. The van der Waals surface area contributed by atoms with Gasteiger partial charge >= 0.3 is 0 Å². The second-order valence-corrected chi connectivity index (χ2v) is 11.2. The van der Waals surface area contributed by atoms with Crippen LogP contribution in [0.3, 0.4) is 0 Å². The Morgan fingerprint density at radius 1 is 0.605 bits per heavy atom. The van der Waals surface area contributed by atoms with Crippen LogP contribution in [0.5, 0.6) is 0 Å². The highest BCUT2D eigenvalue weighted by molar-refractivity contribution is 6.32. The largest absolute Gasteiger partial charge is 0.367 e. The van der Waals surface area contributed by atoms with Gasteiger partial charge in [-0.05, 0) is 21.1 Å². The number of halogens is 1. The summed E-state index contributed by atoms with van der Waals surface area (Å²) in [7, 11) is 6.51. The normalized spacial score (nSPS) is 21.3. The molecule has 2 aromatic rings. The Morgan fingerprint density at radius 2 is 1.11 bits per heavy atom. The highest BCUT2D eigenvalue weighted by atomic mass is 35.5. The first-order valence-corrected chi connectivity index (χ1v) is 14.3. The standard InChI is InChI=1S/C25H43ClN12/c1-33-8-14-36(15-9-33)6-4-27-22-20-23(32-25(31-22)38-18-12-35(3)13-19-38)30-24(21(26)29-20)28-5-7-37-16-10-34(2)11-17-37/h4-19H2,1-3H3,(H2,27,28,30,31,32). The summed E-state index contributed by atoms with van der Waals surface area (Å²) in [6.45, 7) is 15.9. The van der Waals surface area contributed by atoms with Gasteiger partial charge < -0.3 is 30.2 Å². The summed E-state index contributed by atoms with van der Waals surface area (Å²) in [6.07, 6.45) is 0. The van der Waals surface area contributed by atoms with Crippen LogP contribution in [-0.4, -0.2) is 170 Å². The fraction of sp³-hybridized carbons (Fsp3) is 0.760. The molecule has 2 aromatic heterocycles. The number of piperazine rings is 3. The first kappa shape index (κ1) is 27.5. The fourth-order valence-corrected chi connectivity index (χ4v) is 5.30. The Bertz CT molecular complexity index is 1050. The zero-order valence-electron chi connectivity index (χ0n) is 23.2. The van der Waals surface area contributed by atoms with Crippen molar-refractivity contribution in [1.29, 1.82) is 0 Å². The van der Waals surface area contributed by atoms with Crippen LogP contribution in [0.2, 0.25) is 5.15 Å². The van der Waals surface area contributed by atoms with E-state index in [1.54, 1.807) is 0 Å². The molecule has 0 amide bonds. The molecule has 0 bridgehead atoms. The predicted octanol–water partition coefficient (Wildman–Crippen LogP) is 0.144. The molecule has 5 rings (SSSR count). The molecule has 0 aliphatic carbocycles. The van der Waals surface area contributed by atoms with Gasteiger partial charge in [0.15, 0.2) is 28.0 Å². The molecule has 0 aromatic carbocycles. The van der Waals surface area contributed by atoms with Crippen LogP contribution >= 0.6 is 11.6 Å². The third-order valence-electron chi connectivity index (χ3n) is 7.90. The van der Waals surface area contributed by atoms with Crippen molar-refractivity contribution < 1.29 is 0 Å². The number of hydrogen-bond donors (Lipinski definition) is 2. The maximum Gasteiger partial charge on any atom is 0.229 e. The lowest BCUT2D eigenvalue weighted by Gasteiger charge is -2.33. The van der Waals surface area contributed by atoms with Gasteiger partial charge in [-0.25, -0.2) is 9.97 Å². The molecule has 0 unspecified atom stereocenters. The number of anilines is 3. The van der Waals surface area contributed by atoms with Crippen molar-refractivity contribution in [2.45, 2.75) is 0 Å². The average Bonchev–Trinajstić information content (AvgIpc) is 2.92. The third kappa shape index (κ3) is 7.10. The minimum absolute atomic E-state index is 0.356. The molecule has 3 fully saturated rings. The molecular formula is C25H43ClN12. The Labute approximate surface area is 231 Å². The molecule has 3 aliphatic rings. The first-order chi connectivity index (χ1) is 18.4. The summed E-state index contributed by atoms with van der Waals surface area (Å²) < 4.78 is 0. The number of fused-ring (bicyclic) bond motifs is 1. The van der Waals surface area contributed by atoms with Crippen molar-refractivity contribution in [1.82, 2.24) is 44.4 Å². The lowest BCUT2D eigenvalue weighted by atomic mass is 10.3. The molecule has 13 heteroatoms. The van der Waals surface area contributed by atoms with E-state index in [1.165, 1.54) is 0 Å². The summed E-state index contributed by atoms with van der Waals surface area (Å²) in [5.74, 6) is 1.99.